The second-order valence-electron chi connectivity index (χ2n) is 14.0. The zero-order valence-corrected chi connectivity index (χ0v) is 31.7. The molecule has 2 saturated heterocycles. The number of benzene rings is 3. The Labute approximate surface area is 322 Å². The molecule has 1 spiro atoms. The van der Waals surface area contributed by atoms with Gasteiger partial charge in [0.25, 0.3) is 5.91 Å². The van der Waals surface area contributed by atoms with Gasteiger partial charge in [0, 0.05) is 35.2 Å². The van der Waals surface area contributed by atoms with E-state index in [2.05, 4.69) is 15.9 Å². The van der Waals surface area contributed by atoms with Gasteiger partial charge in [-0.3, -0.25) is 19.2 Å². The molecule has 10 nitrogen and oxygen atoms in total. The zero-order chi connectivity index (χ0) is 37.4. The van der Waals surface area contributed by atoms with E-state index in [0.29, 0.717) is 27.2 Å². The fraction of sp³-hybridized carbons (Fsp3) is 0.366. The van der Waals surface area contributed by atoms with E-state index >= 15 is 9.59 Å². The van der Waals surface area contributed by atoms with Crippen LogP contribution in [-0.2, 0) is 35.1 Å². The van der Waals surface area contributed by atoms with Crippen LogP contribution in [0.25, 0.3) is 0 Å². The summed E-state index contributed by atoms with van der Waals surface area (Å²) in [6.07, 6.45) is 4.52. The number of hydrogen-bond donors (Lipinski definition) is 1. The molecule has 4 aliphatic rings. The number of rotatable bonds is 6. The van der Waals surface area contributed by atoms with Crippen LogP contribution in [0, 0.1) is 11.8 Å². The molecular formula is C41H41BrClN3O7. The van der Waals surface area contributed by atoms with Crippen molar-refractivity contribution in [3.63, 3.8) is 0 Å². The van der Waals surface area contributed by atoms with Crippen molar-refractivity contribution in [3.8, 4) is 0 Å². The van der Waals surface area contributed by atoms with Crippen LogP contribution < -0.4 is 4.90 Å². The molecule has 4 aliphatic heterocycles. The first-order chi connectivity index (χ1) is 25.6. The van der Waals surface area contributed by atoms with Crippen molar-refractivity contribution in [2.24, 2.45) is 11.8 Å². The Balaban J connectivity index is 1.38. The number of allylic oxidation sites excluding steroid dienone is 1. The third-order valence-corrected chi connectivity index (χ3v) is 11.9. The molecule has 3 aromatic rings. The number of anilines is 1. The van der Waals surface area contributed by atoms with Gasteiger partial charge in [0.1, 0.15) is 29.8 Å². The van der Waals surface area contributed by atoms with Gasteiger partial charge in [0.05, 0.1) is 24.6 Å². The minimum Gasteiger partial charge on any atom is -0.455 e. The molecule has 1 N–H and O–H groups in total. The second-order valence-corrected chi connectivity index (χ2v) is 15.4. The maximum absolute atomic E-state index is 15.3. The van der Waals surface area contributed by atoms with Gasteiger partial charge in [-0.05, 0) is 61.2 Å². The lowest BCUT2D eigenvalue weighted by atomic mass is 9.74. The minimum absolute atomic E-state index is 0.110. The number of likely N-dealkylation sites (N-methyl/N-ethyl adjacent to an activating group) is 1. The molecule has 2 fully saturated rings. The molecule has 3 amide bonds. The van der Waals surface area contributed by atoms with E-state index < -0.39 is 72.2 Å². The molecule has 0 unspecified atom stereocenters. The monoisotopic (exact) mass is 801 g/mol. The molecule has 12 heteroatoms. The lowest BCUT2D eigenvalue weighted by Crippen LogP contribution is -2.59. The van der Waals surface area contributed by atoms with Crippen molar-refractivity contribution in [2.75, 3.05) is 25.1 Å². The lowest BCUT2D eigenvalue weighted by Gasteiger charge is -2.38. The average molecular weight is 803 g/mol. The van der Waals surface area contributed by atoms with Gasteiger partial charge in [-0.1, -0.05) is 100 Å². The molecule has 0 saturated carbocycles. The fourth-order valence-corrected chi connectivity index (χ4v) is 9.09. The maximum Gasteiger partial charge on any atom is 0.313 e. The van der Waals surface area contributed by atoms with Crippen molar-refractivity contribution in [1.82, 2.24) is 9.80 Å². The molecule has 3 aromatic carbocycles. The van der Waals surface area contributed by atoms with Crippen molar-refractivity contribution < 1.29 is 33.8 Å². The molecule has 0 aliphatic carbocycles. The zero-order valence-electron chi connectivity index (χ0n) is 29.4. The number of nitrogens with zero attached hydrogens (tertiary/aromatic N) is 3. The molecular weight excluding hydrogens is 762 g/mol. The van der Waals surface area contributed by atoms with Gasteiger partial charge < -0.3 is 29.3 Å². The smallest absolute Gasteiger partial charge is 0.313 e. The maximum atomic E-state index is 15.3. The van der Waals surface area contributed by atoms with E-state index in [0.717, 1.165) is 5.56 Å². The van der Waals surface area contributed by atoms with Crippen LogP contribution in [0.3, 0.4) is 0 Å². The topological polar surface area (TPSA) is 117 Å². The Hall–Kier alpha value is -4.29. The minimum atomic E-state index is -1.56. The van der Waals surface area contributed by atoms with E-state index in [-0.39, 0.29) is 25.3 Å². The highest BCUT2D eigenvalue weighted by atomic mass is 79.9. The summed E-state index contributed by atoms with van der Waals surface area (Å²) >= 11 is 9.88. The van der Waals surface area contributed by atoms with Gasteiger partial charge in [-0.2, -0.15) is 0 Å². The quantitative estimate of drug-likeness (QED) is 0.254. The third-order valence-electron chi connectivity index (χ3n) is 11.0. The van der Waals surface area contributed by atoms with Crippen molar-refractivity contribution in [3.05, 3.63) is 124 Å². The molecule has 8 atom stereocenters. The number of amides is 3. The highest BCUT2D eigenvalue weighted by Gasteiger charge is 2.75. The Bertz CT molecular complexity index is 1930. The molecule has 276 valence electrons. The Morgan fingerprint density at radius 1 is 0.925 bits per heavy atom. The fourth-order valence-electron chi connectivity index (χ4n) is 8.23. The molecule has 4 heterocycles. The third kappa shape index (κ3) is 6.73. The molecule has 5 bridgehead atoms. The second kappa shape index (κ2) is 15.2. The summed E-state index contributed by atoms with van der Waals surface area (Å²) in [7, 11) is 1.69. The summed E-state index contributed by atoms with van der Waals surface area (Å²) in [4.78, 5) is 63.0. The van der Waals surface area contributed by atoms with Gasteiger partial charge in [0.2, 0.25) is 11.8 Å². The van der Waals surface area contributed by atoms with Crippen LogP contribution in [-0.4, -0.2) is 88.6 Å². The van der Waals surface area contributed by atoms with E-state index in [4.69, 9.17) is 21.1 Å². The van der Waals surface area contributed by atoms with Gasteiger partial charge >= 0.3 is 5.97 Å². The van der Waals surface area contributed by atoms with Gasteiger partial charge in [0.15, 0.2) is 0 Å². The number of carbonyl (C=O) groups excluding carboxylic acids is 4. The van der Waals surface area contributed by atoms with E-state index in [1.807, 2.05) is 79.7 Å². The molecule has 7 rings (SSSR count). The molecule has 53 heavy (non-hydrogen) atoms. The Morgan fingerprint density at radius 3 is 2.28 bits per heavy atom. The van der Waals surface area contributed by atoms with Crippen LogP contribution in [0.1, 0.15) is 37.0 Å². The Kier molecular flexibility index (Phi) is 10.6. The normalized spacial score (nSPS) is 30.3. The highest BCUT2D eigenvalue weighted by Crippen LogP contribution is 2.59. The van der Waals surface area contributed by atoms with Crippen LogP contribution in [0.5, 0.6) is 0 Å². The number of aliphatic hydroxyl groups is 1. The van der Waals surface area contributed by atoms with Crippen LogP contribution >= 0.6 is 27.5 Å². The first kappa shape index (κ1) is 37.0. The average Bonchev–Trinajstić information content (AvgIpc) is 3.77. The first-order valence-corrected chi connectivity index (χ1v) is 19.0. The van der Waals surface area contributed by atoms with Crippen molar-refractivity contribution >= 4 is 56.9 Å². The summed E-state index contributed by atoms with van der Waals surface area (Å²) in [6, 6.07) is 22.8. The van der Waals surface area contributed by atoms with Gasteiger partial charge in [-0.15, -0.1) is 0 Å². The molecule has 0 aromatic heterocycles. The first-order valence-electron chi connectivity index (χ1n) is 17.8. The summed E-state index contributed by atoms with van der Waals surface area (Å²) in [6.45, 7) is 1.50. The number of likely N-dealkylation sites (tertiary alicyclic amines) is 1. The standard InChI is InChI=1S/C41H41BrClN3O7/c1-25-35(27-14-8-4-9-15-27)52-40(51)33-34-38(49)46(30(24-47)22-26-12-6-3-7-13-26)37(41(34)23-31(42)36(33)53-41)39(50)45(29-19-17-28(43)18-20-29)21-11-5-10-16-32(48)44(25)2/h3-9,11-15,17-20,23,25,30,33-37,47H,10,16,21-22,24H2,1-2H3/b11-5-/t25-,30+,33+,34-,35+,36+,37+,41-/m0/s1. The van der Waals surface area contributed by atoms with E-state index in [9.17, 15) is 14.7 Å². The largest absolute Gasteiger partial charge is 0.455 e. The van der Waals surface area contributed by atoms with Crippen LogP contribution in [0.2, 0.25) is 5.02 Å². The Morgan fingerprint density at radius 2 is 1.60 bits per heavy atom. The van der Waals surface area contributed by atoms with Crippen molar-refractivity contribution in [2.45, 2.75) is 62.1 Å². The number of fused-ring (bicyclic) bond motifs is 2. The predicted octanol–water partition coefficient (Wildman–Crippen LogP) is 5.63. The highest BCUT2D eigenvalue weighted by molar-refractivity contribution is 9.11. The van der Waals surface area contributed by atoms with Crippen molar-refractivity contribution in [1.29, 1.82) is 0 Å². The number of halogens is 2. The number of ether oxygens (including phenoxy) is 2. The number of cyclic esters (lactones) is 1. The van der Waals surface area contributed by atoms with Crippen LogP contribution in [0.4, 0.5) is 5.69 Å². The number of aliphatic hydroxyl groups excluding tert-OH is 1. The predicted molar refractivity (Wildman–Crippen MR) is 203 cm³/mol. The summed E-state index contributed by atoms with van der Waals surface area (Å²) < 4.78 is 13.6. The van der Waals surface area contributed by atoms with Crippen LogP contribution in [0.15, 0.2) is 108 Å². The number of esters is 1. The SMILES string of the molecule is C[C@H]1[C@H](c2ccccc2)OC(=O)[C@H]2[C@@H]3O[C@@]4(C=C3Br)[C@@H]2C(=O)N([C@@H](CO)Cc2ccccc2)[C@@H]4C(=O)N(c2ccc(Cl)cc2)C/C=C\CCC(=O)N1C. The number of hydrogen-bond acceptors (Lipinski definition) is 7. The summed E-state index contributed by atoms with van der Waals surface area (Å²) in [5.41, 5.74) is 0.519. The summed E-state index contributed by atoms with van der Waals surface area (Å²) in [5.74, 6) is -4.02. The summed E-state index contributed by atoms with van der Waals surface area (Å²) in [5, 5.41) is 11.4. The van der Waals surface area contributed by atoms with Gasteiger partial charge in [-0.25, -0.2) is 0 Å². The van der Waals surface area contributed by atoms with E-state index in [1.165, 1.54) is 4.90 Å². The number of carbonyl (C=O) groups is 4. The van der Waals surface area contributed by atoms with E-state index in [1.54, 1.807) is 47.2 Å². The lowest BCUT2D eigenvalue weighted by molar-refractivity contribution is -0.164. The molecule has 0 radical (unpaired) electrons.